The van der Waals surface area contributed by atoms with Gasteiger partial charge < -0.3 is 20.5 Å². The molecule has 5 heteroatoms. The number of aliphatic imine (C=N–C) groups is 1. The average molecular weight is 283 g/mol. The van der Waals surface area contributed by atoms with Crippen molar-refractivity contribution in [1.82, 2.24) is 5.32 Å². The first-order chi connectivity index (χ1) is 9.84. The number of guanidine groups is 1. The predicted molar refractivity (Wildman–Crippen MR) is 80.9 cm³/mol. The number of rotatable bonds is 6. The molecule has 0 amide bonds. The third kappa shape index (κ3) is 6.09. The minimum absolute atomic E-state index is 0.292. The van der Waals surface area contributed by atoms with Crippen molar-refractivity contribution >= 4 is 5.96 Å². The second-order valence-electron chi connectivity index (χ2n) is 5.81. The van der Waals surface area contributed by atoms with Crippen molar-refractivity contribution in [3.8, 4) is 0 Å². The Balaban J connectivity index is 1.53. The lowest BCUT2D eigenvalue weighted by Gasteiger charge is -2.16. The summed E-state index contributed by atoms with van der Waals surface area (Å²) >= 11 is 0. The van der Waals surface area contributed by atoms with Crippen molar-refractivity contribution < 1.29 is 9.47 Å². The Kier molecular flexibility index (Phi) is 7.15. The van der Waals surface area contributed by atoms with Crippen LogP contribution in [0.25, 0.3) is 0 Å². The van der Waals surface area contributed by atoms with Crippen molar-refractivity contribution in [2.75, 3.05) is 26.4 Å². The van der Waals surface area contributed by atoms with Crippen molar-refractivity contribution in [3.63, 3.8) is 0 Å². The molecule has 1 aliphatic heterocycles. The molecule has 1 saturated carbocycles. The topological polar surface area (TPSA) is 68.9 Å². The molecule has 0 aromatic carbocycles. The molecule has 0 bridgehead atoms. The van der Waals surface area contributed by atoms with Crippen molar-refractivity contribution in [2.45, 2.75) is 63.5 Å². The molecule has 5 nitrogen and oxygen atoms in total. The summed E-state index contributed by atoms with van der Waals surface area (Å²) in [5.41, 5.74) is 5.94. The molecule has 1 heterocycles. The van der Waals surface area contributed by atoms with E-state index in [2.05, 4.69) is 10.3 Å². The highest BCUT2D eigenvalue weighted by Crippen LogP contribution is 2.16. The molecule has 2 fully saturated rings. The molecule has 0 spiro atoms. The molecule has 0 aromatic heterocycles. The van der Waals surface area contributed by atoms with Gasteiger partial charge in [-0.1, -0.05) is 25.7 Å². The molecule has 1 atom stereocenters. The lowest BCUT2D eigenvalue weighted by Crippen LogP contribution is -2.39. The fourth-order valence-corrected chi connectivity index (χ4v) is 2.84. The first-order valence-electron chi connectivity index (χ1n) is 8.10. The van der Waals surface area contributed by atoms with E-state index in [0.29, 0.717) is 18.1 Å². The molecular weight excluding hydrogens is 254 g/mol. The zero-order valence-corrected chi connectivity index (χ0v) is 12.5. The standard InChI is InChI=1S/C15H29N3O2/c16-15(18-13-6-3-1-2-4-7-13)17-9-5-10-20-14-8-11-19-12-14/h13-14H,1-12H2,(H3,16,17,18). The molecule has 0 aromatic rings. The minimum Gasteiger partial charge on any atom is -0.379 e. The van der Waals surface area contributed by atoms with Crippen LogP contribution in [0.5, 0.6) is 0 Å². The van der Waals surface area contributed by atoms with Gasteiger partial charge in [0, 0.05) is 25.8 Å². The second-order valence-corrected chi connectivity index (χ2v) is 5.81. The third-order valence-corrected chi connectivity index (χ3v) is 4.03. The molecule has 116 valence electrons. The Morgan fingerprint density at radius 2 is 2.00 bits per heavy atom. The predicted octanol–water partition coefficient (Wildman–Crippen LogP) is 1.81. The summed E-state index contributed by atoms with van der Waals surface area (Å²) in [6, 6.07) is 0.521. The highest BCUT2D eigenvalue weighted by molar-refractivity contribution is 5.78. The molecule has 2 aliphatic rings. The largest absolute Gasteiger partial charge is 0.379 e. The minimum atomic E-state index is 0.292. The van der Waals surface area contributed by atoms with E-state index in [1.807, 2.05) is 0 Å². The van der Waals surface area contributed by atoms with Crippen LogP contribution in [0.1, 0.15) is 51.4 Å². The normalized spacial score (nSPS) is 25.6. The summed E-state index contributed by atoms with van der Waals surface area (Å²) in [4.78, 5) is 4.39. The van der Waals surface area contributed by atoms with Crippen molar-refractivity contribution in [2.24, 2.45) is 10.7 Å². The molecule has 0 radical (unpaired) electrons. The van der Waals surface area contributed by atoms with E-state index in [9.17, 15) is 0 Å². The van der Waals surface area contributed by atoms with Crippen LogP contribution in [0.4, 0.5) is 0 Å². The summed E-state index contributed by atoms with van der Waals surface area (Å²) in [7, 11) is 0. The Bertz CT molecular complexity index is 283. The van der Waals surface area contributed by atoms with Crippen LogP contribution in [-0.2, 0) is 9.47 Å². The quantitative estimate of drug-likeness (QED) is 0.338. The maximum Gasteiger partial charge on any atom is 0.188 e. The second kappa shape index (κ2) is 9.19. The van der Waals surface area contributed by atoms with Crippen LogP contribution in [0, 0.1) is 0 Å². The molecule has 2 rings (SSSR count). The number of hydrogen-bond donors (Lipinski definition) is 2. The zero-order chi connectivity index (χ0) is 14.0. The van der Waals surface area contributed by atoms with Gasteiger partial charge in [0.1, 0.15) is 0 Å². The van der Waals surface area contributed by atoms with E-state index in [1.165, 1.54) is 38.5 Å². The Morgan fingerprint density at radius 1 is 1.20 bits per heavy atom. The number of ether oxygens (including phenoxy) is 2. The number of nitrogens with zero attached hydrogens (tertiary/aromatic N) is 1. The Hall–Kier alpha value is -0.810. The van der Waals surface area contributed by atoms with Gasteiger partial charge in [-0.3, -0.25) is 4.99 Å². The van der Waals surface area contributed by atoms with E-state index in [1.54, 1.807) is 0 Å². The van der Waals surface area contributed by atoms with E-state index in [4.69, 9.17) is 15.2 Å². The van der Waals surface area contributed by atoms with Crippen LogP contribution >= 0.6 is 0 Å². The van der Waals surface area contributed by atoms with Crippen molar-refractivity contribution in [1.29, 1.82) is 0 Å². The van der Waals surface area contributed by atoms with Gasteiger partial charge in [0.25, 0.3) is 0 Å². The zero-order valence-electron chi connectivity index (χ0n) is 12.5. The van der Waals surface area contributed by atoms with Crippen molar-refractivity contribution in [3.05, 3.63) is 0 Å². The third-order valence-electron chi connectivity index (χ3n) is 4.03. The van der Waals surface area contributed by atoms with Gasteiger partial charge in [-0.25, -0.2) is 0 Å². The van der Waals surface area contributed by atoms with Gasteiger partial charge in [0.2, 0.25) is 0 Å². The van der Waals surface area contributed by atoms with Gasteiger partial charge >= 0.3 is 0 Å². The highest BCUT2D eigenvalue weighted by Gasteiger charge is 2.15. The van der Waals surface area contributed by atoms with Gasteiger partial charge in [0.05, 0.1) is 12.7 Å². The van der Waals surface area contributed by atoms with Crippen LogP contribution in [0.15, 0.2) is 4.99 Å². The number of nitrogens with two attached hydrogens (primary N) is 1. The van der Waals surface area contributed by atoms with E-state index in [-0.39, 0.29) is 0 Å². The fraction of sp³-hybridized carbons (Fsp3) is 0.933. The van der Waals surface area contributed by atoms with Gasteiger partial charge in [0.15, 0.2) is 5.96 Å². The summed E-state index contributed by atoms with van der Waals surface area (Å²) in [5.74, 6) is 0.598. The van der Waals surface area contributed by atoms with Gasteiger partial charge in [-0.05, 0) is 25.7 Å². The fourth-order valence-electron chi connectivity index (χ4n) is 2.84. The molecular formula is C15H29N3O2. The van der Waals surface area contributed by atoms with Crippen LogP contribution in [0.2, 0.25) is 0 Å². The van der Waals surface area contributed by atoms with E-state index in [0.717, 1.165) is 39.2 Å². The Labute approximate surface area is 122 Å². The molecule has 1 aliphatic carbocycles. The SMILES string of the molecule is NC(=NCCCOC1CCOC1)NC1CCCCCC1. The van der Waals surface area contributed by atoms with Crippen LogP contribution in [-0.4, -0.2) is 44.5 Å². The molecule has 20 heavy (non-hydrogen) atoms. The van der Waals surface area contributed by atoms with Crippen LogP contribution in [0.3, 0.4) is 0 Å². The Morgan fingerprint density at radius 3 is 2.70 bits per heavy atom. The van der Waals surface area contributed by atoms with Crippen LogP contribution < -0.4 is 11.1 Å². The molecule has 1 unspecified atom stereocenters. The first-order valence-corrected chi connectivity index (χ1v) is 8.10. The first kappa shape index (κ1) is 15.6. The maximum atomic E-state index is 5.94. The smallest absolute Gasteiger partial charge is 0.188 e. The molecule has 1 saturated heterocycles. The lowest BCUT2D eigenvalue weighted by molar-refractivity contribution is 0.0424. The summed E-state index contributed by atoms with van der Waals surface area (Å²) in [6.45, 7) is 3.06. The van der Waals surface area contributed by atoms with Gasteiger partial charge in [-0.2, -0.15) is 0 Å². The summed E-state index contributed by atoms with van der Waals surface area (Å²) < 4.78 is 11.0. The monoisotopic (exact) mass is 283 g/mol. The lowest BCUT2D eigenvalue weighted by atomic mass is 10.1. The highest BCUT2D eigenvalue weighted by atomic mass is 16.5. The average Bonchev–Trinajstić information content (AvgIpc) is 2.83. The summed E-state index contributed by atoms with van der Waals surface area (Å²) in [6.07, 6.45) is 10.0. The maximum absolute atomic E-state index is 5.94. The van der Waals surface area contributed by atoms with Gasteiger partial charge in [-0.15, -0.1) is 0 Å². The number of nitrogens with one attached hydrogen (secondary N) is 1. The molecule has 3 N–H and O–H groups in total. The van der Waals surface area contributed by atoms with E-state index < -0.39 is 0 Å². The van der Waals surface area contributed by atoms with E-state index >= 15 is 0 Å². The summed E-state index contributed by atoms with van der Waals surface area (Å²) in [5, 5.41) is 3.36. The number of hydrogen-bond acceptors (Lipinski definition) is 3.